The van der Waals surface area contributed by atoms with Gasteiger partial charge in [0.2, 0.25) is 21.9 Å². The van der Waals surface area contributed by atoms with Gasteiger partial charge in [0.15, 0.2) is 6.10 Å². The van der Waals surface area contributed by atoms with Gasteiger partial charge < -0.3 is 20.1 Å². The molecule has 0 spiro atoms. The van der Waals surface area contributed by atoms with Crippen molar-refractivity contribution in [3.63, 3.8) is 0 Å². The number of ether oxygens (including phenoxy) is 1. The molecule has 1 aliphatic heterocycles. The number of rotatable bonds is 10. The standard InChI is InChI=1S/C30H33N5O8S/c1-29(2)17-9-10-30(29,24(36)13-17)15-44(41,42)35-21(27(39)40)12-16-7-8-22-20(11-16)31-26(38)23(43-22)14-25(37)34-28-32-18-5-3-4-6-19(18)33-28/h3-8,11,17,21,23,35H,9-10,12-15H2,1-2H3,(H,31,38)(H,39,40)(H2,32,33,34,37)/t17?,21-,23?,30-/m0/s1. The van der Waals surface area contributed by atoms with E-state index in [1.165, 1.54) is 12.1 Å². The molecule has 0 saturated heterocycles. The van der Waals surface area contributed by atoms with Gasteiger partial charge in [0.1, 0.15) is 17.6 Å². The molecular formula is C30H33N5O8S. The Morgan fingerprint density at radius 2 is 1.95 bits per heavy atom. The Kier molecular flexibility index (Phi) is 7.24. The van der Waals surface area contributed by atoms with E-state index in [0.29, 0.717) is 23.9 Å². The summed E-state index contributed by atoms with van der Waals surface area (Å²) in [5.41, 5.74) is 0.607. The van der Waals surface area contributed by atoms with Gasteiger partial charge in [-0.1, -0.05) is 32.0 Å². The number of H-pyrrole nitrogens is 1. The Balaban J connectivity index is 1.10. The Bertz CT molecular complexity index is 1770. The first-order valence-electron chi connectivity index (χ1n) is 14.4. The predicted octanol–water partition coefficient (Wildman–Crippen LogP) is 2.60. The molecule has 232 valence electrons. The molecule has 14 heteroatoms. The van der Waals surface area contributed by atoms with Crippen LogP contribution in [0.1, 0.15) is 45.1 Å². The summed E-state index contributed by atoms with van der Waals surface area (Å²) in [6, 6.07) is 10.4. The van der Waals surface area contributed by atoms with Crippen molar-refractivity contribution in [1.82, 2.24) is 14.7 Å². The number of anilines is 2. The summed E-state index contributed by atoms with van der Waals surface area (Å²) in [7, 11) is -4.14. The summed E-state index contributed by atoms with van der Waals surface area (Å²) in [6.07, 6.45) is -0.0292. The number of carboxylic acids is 1. The predicted molar refractivity (Wildman–Crippen MR) is 159 cm³/mol. The van der Waals surface area contributed by atoms with E-state index in [0.717, 1.165) is 11.9 Å². The number of nitrogens with one attached hydrogen (secondary N) is 4. The number of Topliss-reactive ketones (excluding diaryl/α,β-unsaturated/α-hetero) is 1. The van der Waals surface area contributed by atoms with Crippen molar-refractivity contribution in [3.05, 3.63) is 48.0 Å². The highest BCUT2D eigenvalue weighted by atomic mass is 32.2. The minimum atomic E-state index is -4.14. The molecule has 2 unspecified atom stereocenters. The molecule has 3 aliphatic rings. The first-order valence-corrected chi connectivity index (χ1v) is 16.0. The molecule has 2 heterocycles. The van der Waals surface area contributed by atoms with E-state index >= 15 is 0 Å². The highest BCUT2D eigenvalue weighted by Gasteiger charge is 2.65. The average molecular weight is 624 g/mol. The lowest BCUT2D eigenvalue weighted by molar-refractivity contribution is -0.139. The molecule has 1 aromatic heterocycles. The summed E-state index contributed by atoms with van der Waals surface area (Å²) in [5, 5.41) is 15.2. The number of ketones is 1. The molecule has 4 atom stereocenters. The molecule has 2 aliphatic carbocycles. The third-order valence-corrected chi connectivity index (χ3v) is 11.0. The lowest BCUT2D eigenvalue weighted by Gasteiger charge is -2.36. The van der Waals surface area contributed by atoms with Crippen LogP contribution in [0.3, 0.4) is 0 Å². The molecule has 2 bridgehead atoms. The van der Waals surface area contributed by atoms with Crippen LogP contribution >= 0.6 is 0 Å². The number of hydrogen-bond donors (Lipinski definition) is 5. The topological polar surface area (TPSA) is 197 Å². The van der Waals surface area contributed by atoms with Gasteiger partial charge in [0.05, 0.1) is 28.9 Å². The molecule has 13 nitrogen and oxygen atoms in total. The fraction of sp³-hybridized carbons (Fsp3) is 0.433. The zero-order valence-corrected chi connectivity index (χ0v) is 25.0. The van der Waals surface area contributed by atoms with E-state index in [1.807, 2.05) is 32.0 Å². The maximum atomic E-state index is 13.2. The maximum Gasteiger partial charge on any atom is 0.322 e. The minimum absolute atomic E-state index is 0.0771. The van der Waals surface area contributed by atoms with Crippen molar-refractivity contribution >= 4 is 56.3 Å². The Hall–Kier alpha value is -4.30. The maximum absolute atomic E-state index is 13.2. The monoisotopic (exact) mass is 623 g/mol. The third kappa shape index (κ3) is 5.32. The second-order valence-electron chi connectivity index (χ2n) is 12.4. The second kappa shape index (κ2) is 10.7. The molecule has 0 radical (unpaired) electrons. The number of hydrogen-bond acceptors (Lipinski definition) is 8. The van der Waals surface area contributed by atoms with Crippen LogP contribution in [0, 0.1) is 16.7 Å². The zero-order chi connectivity index (χ0) is 31.4. The number of aromatic nitrogens is 2. The van der Waals surface area contributed by atoms with Gasteiger partial charge in [-0.3, -0.25) is 24.5 Å². The summed E-state index contributed by atoms with van der Waals surface area (Å²) >= 11 is 0. The molecular weight excluding hydrogens is 590 g/mol. The Morgan fingerprint density at radius 3 is 2.64 bits per heavy atom. The number of carbonyl (C=O) groups excluding carboxylic acids is 3. The van der Waals surface area contributed by atoms with Crippen LogP contribution in [0.15, 0.2) is 42.5 Å². The average Bonchev–Trinajstić information content (AvgIpc) is 3.51. The fourth-order valence-electron chi connectivity index (χ4n) is 6.93. The third-order valence-electron chi connectivity index (χ3n) is 9.52. The zero-order valence-electron chi connectivity index (χ0n) is 24.2. The van der Waals surface area contributed by atoms with E-state index in [1.54, 1.807) is 12.1 Å². The van der Waals surface area contributed by atoms with Crippen LogP contribution in [0.5, 0.6) is 5.75 Å². The van der Waals surface area contributed by atoms with Crippen molar-refractivity contribution < 1.29 is 37.4 Å². The largest absolute Gasteiger partial charge is 0.480 e. The van der Waals surface area contributed by atoms with Crippen molar-refractivity contribution in [2.75, 3.05) is 16.4 Å². The van der Waals surface area contributed by atoms with Gasteiger partial charge in [-0.25, -0.2) is 18.1 Å². The molecule has 2 amide bonds. The van der Waals surface area contributed by atoms with Crippen LogP contribution in [0.4, 0.5) is 11.6 Å². The Labute approximate surface area is 253 Å². The van der Waals surface area contributed by atoms with E-state index in [9.17, 15) is 32.7 Å². The fourth-order valence-corrected chi connectivity index (χ4v) is 8.96. The van der Waals surface area contributed by atoms with Gasteiger partial charge in [-0.15, -0.1) is 0 Å². The number of carboxylic acid groups (broad SMARTS) is 1. The van der Waals surface area contributed by atoms with Crippen molar-refractivity contribution in [1.29, 1.82) is 0 Å². The van der Waals surface area contributed by atoms with Crippen LogP contribution in [0.2, 0.25) is 0 Å². The summed E-state index contributed by atoms with van der Waals surface area (Å²) in [5.74, 6) is -2.32. The van der Waals surface area contributed by atoms with Gasteiger partial charge in [-0.05, 0) is 60.4 Å². The first kappa shape index (κ1) is 29.8. The molecule has 6 rings (SSSR count). The van der Waals surface area contributed by atoms with Crippen molar-refractivity contribution in [3.8, 4) is 5.75 Å². The first-order chi connectivity index (χ1) is 20.8. The normalized spacial score (nSPS) is 24.4. The lowest BCUT2D eigenvalue weighted by Crippen LogP contribution is -2.49. The molecule has 44 heavy (non-hydrogen) atoms. The van der Waals surface area contributed by atoms with Crippen LogP contribution in [-0.4, -0.2) is 65.0 Å². The highest BCUT2D eigenvalue weighted by Crippen LogP contribution is 2.64. The highest BCUT2D eigenvalue weighted by molar-refractivity contribution is 7.89. The van der Waals surface area contributed by atoms with Crippen LogP contribution in [0.25, 0.3) is 11.0 Å². The molecule has 2 fully saturated rings. The number of imidazole rings is 1. The molecule has 5 N–H and O–H groups in total. The summed E-state index contributed by atoms with van der Waals surface area (Å²) in [4.78, 5) is 57.6. The van der Waals surface area contributed by atoms with Gasteiger partial charge in [0, 0.05) is 11.8 Å². The SMILES string of the molecule is CC1(C)C2CC[C@]1(CS(=O)(=O)N[C@@H](Cc1ccc3c(c1)NC(=O)C(CC(=O)Nc1nc4ccccc4[nH]1)O3)C(=O)O)C(=O)C2. The number of aromatic amines is 1. The number of fused-ring (bicyclic) bond motifs is 4. The lowest BCUT2D eigenvalue weighted by atomic mass is 9.70. The van der Waals surface area contributed by atoms with Crippen LogP contribution in [-0.2, 0) is 35.6 Å². The number of benzene rings is 2. The number of para-hydroxylation sites is 2. The van der Waals surface area contributed by atoms with E-state index in [2.05, 4.69) is 25.3 Å². The second-order valence-corrected chi connectivity index (χ2v) is 14.2. The number of amides is 2. The molecule has 2 aromatic carbocycles. The van der Waals surface area contributed by atoms with Gasteiger partial charge >= 0.3 is 5.97 Å². The van der Waals surface area contributed by atoms with Gasteiger partial charge in [0.25, 0.3) is 5.91 Å². The summed E-state index contributed by atoms with van der Waals surface area (Å²) in [6.45, 7) is 3.84. The van der Waals surface area contributed by atoms with Gasteiger partial charge in [-0.2, -0.15) is 0 Å². The number of nitrogens with zero attached hydrogens (tertiary/aromatic N) is 1. The quantitative estimate of drug-likeness (QED) is 0.225. The minimum Gasteiger partial charge on any atom is -0.480 e. The van der Waals surface area contributed by atoms with E-state index in [4.69, 9.17) is 4.74 Å². The Morgan fingerprint density at radius 1 is 1.18 bits per heavy atom. The number of aliphatic carboxylic acids is 1. The molecule has 3 aromatic rings. The summed E-state index contributed by atoms with van der Waals surface area (Å²) < 4.78 is 34.5. The number of carbonyl (C=O) groups is 4. The van der Waals surface area contributed by atoms with Crippen LogP contribution < -0.4 is 20.1 Å². The van der Waals surface area contributed by atoms with E-state index < -0.39 is 56.5 Å². The van der Waals surface area contributed by atoms with E-state index in [-0.39, 0.29) is 41.9 Å². The number of sulfonamides is 1. The van der Waals surface area contributed by atoms with Crippen molar-refractivity contribution in [2.24, 2.45) is 16.7 Å². The smallest absolute Gasteiger partial charge is 0.322 e. The molecule has 2 saturated carbocycles. The van der Waals surface area contributed by atoms with Crippen molar-refractivity contribution in [2.45, 2.75) is 58.1 Å².